The van der Waals surface area contributed by atoms with E-state index < -0.39 is 0 Å². The maximum atomic E-state index is 3.46. The highest BCUT2D eigenvalue weighted by Gasteiger charge is 2.19. The molecule has 0 bridgehead atoms. The van der Waals surface area contributed by atoms with Gasteiger partial charge in [-0.25, -0.2) is 0 Å². The molecule has 0 aliphatic carbocycles. The molecular formula is C18H30N2. The predicted molar refractivity (Wildman–Crippen MR) is 87.2 cm³/mol. The molecule has 1 saturated heterocycles. The van der Waals surface area contributed by atoms with Gasteiger partial charge >= 0.3 is 0 Å². The fraction of sp³-hybridized carbons (Fsp3) is 0.667. The molecule has 0 radical (unpaired) electrons. The summed E-state index contributed by atoms with van der Waals surface area (Å²) in [5.74, 6) is 0.883. The first-order valence-electron chi connectivity index (χ1n) is 8.15. The molecule has 1 fully saturated rings. The number of hydrogen-bond donors (Lipinski definition) is 1. The molecule has 1 aromatic carbocycles. The molecule has 0 aromatic heterocycles. The van der Waals surface area contributed by atoms with Crippen LogP contribution in [0.15, 0.2) is 24.3 Å². The Hall–Kier alpha value is -0.860. The molecular weight excluding hydrogens is 244 g/mol. The van der Waals surface area contributed by atoms with Crippen molar-refractivity contribution in [2.75, 3.05) is 26.7 Å². The first kappa shape index (κ1) is 15.5. The molecule has 0 spiro atoms. The van der Waals surface area contributed by atoms with E-state index in [1.807, 2.05) is 0 Å². The summed E-state index contributed by atoms with van der Waals surface area (Å²) in [4.78, 5) is 2.59. The van der Waals surface area contributed by atoms with Crippen LogP contribution in [0.4, 0.5) is 0 Å². The maximum Gasteiger partial charge on any atom is 0.0130 e. The third-order valence-electron chi connectivity index (χ3n) is 4.69. The van der Waals surface area contributed by atoms with Gasteiger partial charge in [0.2, 0.25) is 0 Å². The van der Waals surface area contributed by atoms with Gasteiger partial charge in [-0.3, -0.25) is 0 Å². The lowest BCUT2D eigenvalue weighted by Crippen LogP contribution is -2.40. The molecule has 1 atom stereocenters. The van der Waals surface area contributed by atoms with Crippen LogP contribution in [0.1, 0.15) is 37.3 Å². The summed E-state index contributed by atoms with van der Waals surface area (Å²) in [6.45, 7) is 8.13. The summed E-state index contributed by atoms with van der Waals surface area (Å²) < 4.78 is 0. The lowest BCUT2D eigenvalue weighted by Gasteiger charge is -2.32. The number of nitrogens with one attached hydrogen (secondary N) is 1. The van der Waals surface area contributed by atoms with Gasteiger partial charge in [0.25, 0.3) is 0 Å². The summed E-state index contributed by atoms with van der Waals surface area (Å²) in [5.41, 5.74) is 2.82. The van der Waals surface area contributed by atoms with Crippen molar-refractivity contribution in [1.29, 1.82) is 0 Å². The zero-order valence-corrected chi connectivity index (χ0v) is 13.4. The average Bonchev–Trinajstić information content (AvgIpc) is 2.47. The van der Waals surface area contributed by atoms with Crippen molar-refractivity contribution in [3.63, 3.8) is 0 Å². The quantitative estimate of drug-likeness (QED) is 0.856. The van der Waals surface area contributed by atoms with Crippen molar-refractivity contribution >= 4 is 0 Å². The van der Waals surface area contributed by atoms with Crippen LogP contribution in [0.5, 0.6) is 0 Å². The van der Waals surface area contributed by atoms with Crippen molar-refractivity contribution in [1.82, 2.24) is 10.2 Å². The van der Waals surface area contributed by atoms with Gasteiger partial charge in [-0.2, -0.15) is 0 Å². The Bertz CT molecular complexity index is 379. The number of hydrogen-bond acceptors (Lipinski definition) is 2. The highest BCUT2D eigenvalue weighted by molar-refractivity contribution is 5.22. The monoisotopic (exact) mass is 274 g/mol. The summed E-state index contributed by atoms with van der Waals surface area (Å²) in [7, 11) is 2.31. The molecule has 1 aromatic rings. The Morgan fingerprint density at radius 2 is 1.85 bits per heavy atom. The highest BCUT2D eigenvalue weighted by atomic mass is 15.1. The van der Waals surface area contributed by atoms with Crippen LogP contribution in [0.3, 0.4) is 0 Å². The Labute approximate surface area is 124 Å². The second-order valence-electron chi connectivity index (χ2n) is 6.38. The predicted octanol–water partition coefficient (Wildman–Crippen LogP) is 3.25. The van der Waals surface area contributed by atoms with Crippen LogP contribution in [0.2, 0.25) is 0 Å². The van der Waals surface area contributed by atoms with E-state index in [0.29, 0.717) is 6.04 Å². The Morgan fingerprint density at radius 3 is 2.45 bits per heavy atom. The van der Waals surface area contributed by atoms with E-state index in [2.05, 4.69) is 55.4 Å². The minimum atomic E-state index is 0.674. The summed E-state index contributed by atoms with van der Waals surface area (Å²) in [6, 6.07) is 9.71. The first-order valence-corrected chi connectivity index (χ1v) is 8.15. The van der Waals surface area contributed by atoms with Gasteiger partial charge in [-0.15, -0.1) is 0 Å². The topological polar surface area (TPSA) is 15.3 Å². The van der Waals surface area contributed by atoms with Gasteiger partial charge in [-0.1, -0.05) is 36.8 Å². The SMILES string of the molecule is CCC(Cc1ccc(C)cc1)N(C)CC1CCNCC1. The zero-order valence-electron chi connectivity index (χ0n) is 13.4. The smallest absolute Gasteiger partial charge is 0.0130 e. The Morgan fingerprint density at radius 1 is 1.20 bits per heavy atom. The summed E-state index contributed by atoms with van der Waals surface area (Å²) >= 11 is 0. The van der Waals surface area contributed by atoms with Gasteiger partial charge in [0.05, 0.1) is 0 Å². The third-order valence-corrected chi connectivity index (χ3v) is 4.69. The van der Waals surface area contributed by atoms with E-state index >= 15 is 0 Å². The van der Waals surface area contributed by atoms with E-state index in [0.717, 1.165) is 5.92 Å². The van der Waals surface area contributed by atoms with E-state index in [4.69, 9.17) is 0 Å². The summed E-state index contributed by atoms with van der Waals surface area (Å²) in [6.07, 6.45) is 5.09. The minimum absolute atomic E-state index is 0.674. The molecule has 2 rings (SSSR count). The van der Waals surface area contributed by atoms with Gasteiger partial charge in [0, 0.05) is 12.6 Å². The molecule has 1 N–H and O–H groups in total. The second-order valence-corrected chi connectivity index (χ2v) is 6.38. The zero-order chi connectivity index (χ0) is 14.4. The number of likely N-dealkylation sites (N-methyl/N-ethyl adjacent to an activating group) is 1. The molecule has 1 aliphatic rings. The number of nitrogens with zero attached hydrogens (tertiary/aromatic N) is 1. The standard InChI is InChI=1S/C18H30N2/c1-4-18(13-16-7-5-15(2)6-8-16)20(3)14-17-9-11-19-12-10-17/h5-8,17-19H,4,9-14H2,1-3H3. The molecule has 1 unspecified atom stereocenters. The van der Waals surface area contributed by atoms with E-state index in [1.165, 1.54) is 56.4 Å². The number of aryl methyl sites for hydroxylation is 1. The minimum Gasteiger partial charge on any atom is -0.317 e. The molecule has 0 saturated carbocycles. The molecule has 2 nitrogen and oxygen atoms in total. The van der Waals surface area contributed by atoms with Crippen molar-refractivity contribution in [3.05, 3.63) is 35.4 Å². The van der Waals surface area contributed by atoms with Crippen molar-refractivity contribution in [2.24, 2.45) is 5.92 Å². The molecule has 112 valence electrons. The number of rotatable bonds is 6. The Kier molecular flexibility index (Phi) is 6.06. The first-order chi connectivity index (χ1) is 9.69. The van der Waals surface area contributed by atoms with Crippen LogP contribution in [0, 0.1) is 12.8 Å². The van der Waals surface area contributed by atoms with Gasteiger partial charge in [-0.05, 0) is 64.2 Å². The molecule has 1 aliphatic heterocycles. The second kappa shape index (κ2) is 7.80. The largest absolute Gasteiger partial charge is 0.317 e. The van der Waals surface area contributed by atoms with Crippen LogP contribution in [0.25, 0.3) is 0 Å². The van der Waals surface area contributed by atoms with Crippen LogP contribution < -0.4 is 5.32 Å². The van der Waals surface area contributed by atoms with Gasteiger partial charge in [0.15, 0.2) is 0 Å². The number of piperidine rings is 1. The van der Waals surface area contributed by atoms with Crippen LogP contribution >= 0.6 is 0 Å². The molecule has 1 heterocycles. The van der Waals surface area contributed by atoms with Gasteiger partial charge in [0.1, 0.15) is 0 Å². The van der Waals surface area contributed by atoms with E-state index in [1.54, 1.807) is 0 Å². The molecule has 0 amide bonds. The normalized spacial score (nSPS) is 18.4. The summed E-state index contributed by atoms with van der Waals surface area (Å²) in [5, 5.41) is 3.46. The Balaban J connectivity index is 1.87. The fourth-order valence-corrected chi connectivity index (χ4v) is 3.23. The molecule has 20 heavy (non-hydrogen) atoms. The average molecular weight is 274 g/mol. The van der Waals surface area contributed by atoms with Crippen molar-refractivity contribution < 1.29 is 0 Å². The maximum absolute atomic E-state index is 3.46. The van der Waals surface area contributed by atoms with Crippen molar-refractivity contribution in [3.8, 4) is 0 Å². The fourth-order valence-electron chi connectivity index (χ4n) is 3.23. The van der Waals surface area contributed by atoms with Crippen LogP contribution in [-0.4, -0.2) is 37.6 Å². The van der Waals surface area contributed by atoms with E-state index in [9.17, 15) is 0 Å². The third kappa shape index (κ3) is 4.60. The highest BCUT2D eigenvalue weighted by Crippen LogP contribution is 2.17. The lowest BCUT2D eigenvalue weighted by molar-refractivity contribution is 0.180. The molecule has 2 heteroatoms. The van der Waals surface area contributed by atoms with Crippen LogP contribution in [-0.2, 0) is 6.42 Å². The number of benzene rings is 1. The lowest BCUT2D eigenvalue weighted by atomic mass is 9.95. The van der Waals surface area contributed by atoms with Gasteiger partial charge < -0.3 is 10.2 Å². The van der Waals surface area contributed by atoms with Crippen molar-refractivity contribution in [2.45, 2.75) is 45.6 Å². The van der Waals surface area contributed by atoms with E-state index in [-0.39, 0.29) is 0 Å².